The molecular formula is C18H38N4O2. The third-order valence-corrected chi connectivity index (χ3v) is 4.38. The van der Waals surface area contributed by atoms with E-state index in [9.17, 15) is 9.59 Å². The quantitative estimate of drug-likeness (QED) is 0.141. The van der Waals surface area contributed by atoms with E-state index in [1.807, 2.05) is 0 Å². The molecule has 0 aliphatic carbocycles. The summed E-state index contributed by atoms with van der Waals surface area (Å²) >= 11 is 0. The van der Waals surface area contributed by atoms with Gasteiger partial charge in [0.15, 0.2) is 0 Å². The number of hydrazine groups is 2. The second-order valence-electron chi connectivity index (χ2n) is 6.58. The van der Waals surface area contributed by atoms with Gasteiger partial charge in [-0.2, -0.15) is 0 Å². The Hall–Kier alpha value is -1.14. The number of hydrogen-bond donors (Lipinski definition) is 4. The van der Waals surface area contributed by atoms with Crippen LogP contribution in [-0.2, 0) is 9.59 Å². The van der Waals surface area contributed by atoms with E-state index in [0.717, 1.165) is 25.7 Å². The SMILES string of the molecule is NNC(=O)CCCCCCCCCCCCCCCCC(=O)NN. The molecular weight excluding hydrogens is 304 g/mol. The fraction of sp³-hybridized carbons (Fsp3) is 0.889. The zero-order valence-corrected chi connectivity index (χ0v) is 15.3. The molecule has 6 N–H and O–H groups in total. The fourth-order valence-electron chi connectivity index (χ4n) is 2.84. The van der Waals surface area contributed by atoms with Crippen molar-refractivity contribution in [2.45, 2.75) is 103 Å². The highest BCUT2D eigenvalue weighted by Crippen LogP contribution is 2.13. The second kappa shape index (κ2) is 18.2. The Kier molecular flexibility index (Phi) is 17.3. The Morgan fingerprint density at radius 1 is 0.458 bits per heavy atom. The monoisotopic (exact) mass is 342 g/mol. The summed E-state index contributed by atoms with van der Waals surface area (Å²) in [5.41, 5.74) is 4.32. The number of hydrogen-bond acceptors (Lipinski definition) is 4. The van der Waals surface area contributed by atoms with Crippen molar-refractivity contribution in [3.63, 3.8) is 0 Å². The molecule has 0 heterocycles. The van der Waals surface area contributed by atoms with Crippen LogP contribution in [0.15, 0.2) is 0 Å². The summed E-state index contributed by atoms with van der Waals surface area (Å²) in [6, 6.07) is 0. The van der Waals surface area contributed by atoms with Gasteiger partial charge in [-0.25, -0.2) is 11.7 Å². The first kappa shape index (κ1) is 22.9. The molecule has 0 aliphatic rings. The second-order valence-corrected chi connectivity index (χ2v) is 6.58. The minimum atomic E-state index is -0.0592. The van der Waals surface area contributed by atoms with Gasteiger partial charge in [0, 0.05) is 12.8 Å². The average Bonchev–Trinajstić information content (AvgIpc) is 2.60. The molecule has 0 aromatic heterocycles. The Labute approximate surface area is 147 Å². The van der Waals surface area contributed by atoms with Crippen molar-refractivity contribution in [1.29, 1.82) is 0 Å². The molecule has 6 nitrogen and oxygen atoms in total. The summed E-state index contributed by atoms with van der Waals surface area (Å²) in [5, 5.41) is 0. The molecule has 0 atom stereocenters. The molecule has 0 rings (SSSR count). The third-order valence-electron chi connectivity index (χ3n) is 4.38. The summed E-state index contributed by atoms with van der Waals surface area (Å²) in [6.45, 7) is 0. The van der Waals surface area contributed by atoms with Crippen LogP contribution in [0.2, 0.25) is 0 Å². The first-order chi connectivity index (χ1) is 11.7. The summed E-state index contributed by atoms with van der Waals surface area (Å²) in [4.78, 5) is 21.9. The van der Waals surface area contributed by atoms with Crippen LogP contribution in [0, 0.1) is 0 Å². The van der Waals surface area contributed by atoms with Crippen molar-refractivity contribution in [3.8, 4) is 0 Å². The van der Waals surface area contributed by atoms with Gasteiger partial charge in [0.1, 0.15) is 0 Å². The molecule has 6 heteroatoms. The van der Waals surface area contributed by atoms with Crippen LogP contribution in [0.1, 0.15) is 103 Å². The van der Waals surface area contributed by atoms with Gasteiger partial charge in [0.05, 0.1) is 0 Å². The Balaban J connectivity index is 3.05. The van der Waals surface area contributed by atoms with Gasteiger partial charge < -0.3 is 0 Å². The van der Waals surface area contributed by atoms with Gasteiger partial charge in [0.25, 0.3) is 0 Å². The molecule has 0 spiro atoms. The summed E-state index contributed by atoms with van der Waals surface area (Å²) in [7, 11) is 0. The van der Waals surface area contributed by atoms with E-state index in [4.69, 9.17) is 11.7 Å². The molecule has 0 bridgehead atoms. The lowest BCUT2D eigenvalue weighted by Gasteiger charge is -2.03. The molecule has 0 aliphatic heterocycles. The zero-order chi connectivity index (χ0) is 17.9. The molecule has 0 fully saturated rings. The van der Waals surface area contributed by atoms with Crippen LogP contribution >= 0.6 is 0 Å². The van der Waals surface area contributed by atoms with E-state index in [2.05, 4.69) is 10.9 Å². The van der Waals surface area contributed by atoms with E-state index >= 15 is 0 Å². The van der Waals surface area contributed by atoms with Crippen molar-refractivity contribution >= 4 is 11.8 Å². The number of nitrogens with two attached hydrogens (primary N) is 2. The van der Waals surface area contributed by atoms with Gasteiger partial charge in [-0.3, -0.25) is 20.4 Å². The summed E-state index contributed by atoms with van der Waals surface area (Å²) in [5.74, 6) is 9.94. The number of rotatable bonds is 17. The molecule has 0 saturated heterocycles. The molecule has 0 radical (unpaired) electrons. The molecule has 0 aromatic rings. The molecule has 2 amide bonds. The minimum Gasteiger partial charge on any atom is -0.294 e. The maximum Gasteiger partial charge on any atom is 0.233 e. The standard InChI is InChI=1S/C18H38N4O2/c19-21-17(23)15-13-11-9-7-5-3-1-2-4-6-8-10-12-14-16-18(24)22-20/h1-16,19-20H2,(H,21,23)(H,22,24). The van der Waals surface area contributed by atoms with Gasteiger partial charge >= 0.3 is 0 Å². The van der Waals surface area contributed by atoms with Gasteiger partial charge in [-0.15, -0.1) is 0 Å². The molecule has 0 aromatic carbocycles. The molecule has 0 saturated carbocycles. The van der Waals surface area contributed by atoms with Crippen LogP contribution < -0.4 is 22.5 Å². The van der Waals surface area contributed by atoms with Crippen LogP contribution in [-0.4, -0.2) is 11.8 Å². The van der Waals surface area contributed by atoms with E-state index < -0.39 is 0 Å². The Bertz CT molecular complexity index is 281. The lowest BCUT2D eigenvalue weighted by atomic mass is 10.0. The fourth-order valence-corrected chi connectivity index (χ4v) is 2.84. The van der Waals surface area contributed by atoms with Crippen molar-refractivity contribution in [2.75, 3.05) is 0 Å². The van der Waals surface area contributed by atoms with Crippen LogP contribution in [0.5, 0.6) is 0 Å². The number of carbonyl (C=O) groups is 2. The average molecular weight is 343 g/mol. The number of unbranched alkanes of at least 4 members (excludes halogenated alkanes) is 13. The topological polar surface area (TPSA) is 110 Å². The predicted molar refractivity (Wildman–Crippen MR) is 98.5 cm³/mol. The Morgan fingerprint density at radius 3 is 0.875 bits per heavy atom. The molecule has 24 heavy (non-hydrogen) atoms. The summed E-state index contributed by atoms with van der Waals surface area (Å²) in [6.07, 6.45) is 18.2. The van der Waals surface area contributed by atoms with Crippen LogP contribution in [0.3, 0.4) is 0 Å². The third kappa shape index (κ3) is 17.2. The van der Waals surface area contributed by atoms with Gasteiger partial charge in [-0.1, -0.05) is 77.0 Å². The van der Waals surface area contributed by atoms with E-state index in [1.165, 1.54) is 64.2 Å². The lowest BCUT2D eigenvalue weighted by Crippen LogP contribution is -2.29. The first-order valence-electron chi connectivity index (χ1n) is 9.69. The predicted octanol–water partition coefficient (Wildman–Crippen LogP) is 3.21. The van der Waals surface area contributed by atoms with Crippen molar-refractivity contribution in [1.82, 2.24) is 10.9 Å². The lowest BCUT2D eigenvalue weighted by molar-refractivity contribution is -0.122. The number of carbonyl (C=O) groups excluding carboxylic acids is 2. The van der Waals surface area contributed by atoms with Crippen LogP contribution in [0.4, 0.5) is 0 Å². The first-order valence-corrected chi connectivity index (χ1v) is 9.69. The number of amides is 2. The minimum absolute atomic E-state index is 0.0592. The normalized spacial score (nSPS) is 10.6. The maximum atomic E-state index is 10.9. The smallest absolute Gasteiger partial charge is 0.233 e. The summed E-state index contributed by atoms with van der Waals surface area (Å²) < 4.78 is 0. The van der Waals surface area contributed by atoms with Crippen molar-refractivity contribution in [2.24, 2.45) is 11.7 Å². The van der Waals surface area contributed by atoms with Crippen LogP contribution in [0.25, 0.3) is 0 Å². The van der Waals surface area contributed by atoms with E-state index in [0.29, 0.717) is 12.8 Å². The zero-order valence-electron chi connectivity index (χ0n) is 15.3. The van der Waals surface area contributed by atoms with E-state index in [-0.39, 0.29) is 11.8 Å². The molecule has 0 unspecified atom stereocenters. The maximum absolute atomic E-state index is 10.9. The van der Waals surface area contributed by atoms with Crippen molar-refractivity contribution < 1.29 is 9.59 Å². The largest absolute Gasteiger partial charge is 0.294 e. The van der Waals surface area contributed by atoms with E-state index in [1.54, 1.807) is 0 Å². The Morgan fingerprint density at radius 2 is 0.667 bits per heavy atom. The van der Waals surface area contributed by atoms with Crippen molar-refractivity contribution in [3.05, 3.63) is 0 Å². The molecule has 142 valence electrons. The highest BCUT2D eigenvalue weighted by atomic mass is 16.2. The van der Waals surface area contributed by atoms with Gasteiger partial charge in [-0.05, 0) is 12.8 Å². The highest BCUT2D eigenvalue weighted by molar-refractivity contribution is 5.75. The highest BCUT2D eigenvalue weighted by Gasteiger charge is 1.99. The number of nitrogens with one attached hydrogen (secondary N) is 2. The van der Waals surface area contributed by atoms with Gasteiger partial charge in [0.2, 0.25) is 11.8 Å².